The minimum atomic E-state index is -3.60. The molecule has 0 saturated carbocycles. The molecule has 0 unspecified atom stereocenters. The van der Waals surface area contributed by atoms with Crippen LogP contribution >= 0.6 is 0 Å². The zero-order valence-electron chi connectivity index (χ0n) is 16.3. The number of sulfone groups is 1. The molecule has 0 amide bonds. The highest BCUT2D eigenvalue weighted by Gasteiger charge is 2.19. The number of halogens is 2. The topological polar surface area (TPSA) is 60.2 Å². The van der Waals surface area contributed by atoms with Crippen LogP contribution in [0.5, 0.6) is 0 Å². The van der Waals surface area contributed by atoms with Crippen molar-refractivity contribution < 1.29 is 17.2 Å². The zero-order chi connectivity index (χ0) is 21.2. The lowest BCUT2D eigenvalue weighted by atomic mass is 9.97. The van der Waals surface area contributed by atoms with Crippen LogP contribution in [0, 0.1) is 18.6 Å². The van der Waals surface area contributed by atoms with Crippen LogP contribution in [0.1, 0.15) is 36.1 Å². The fourth-order valence-electron chi connectivity index (χ4n) is 3.33. The fourth-order valence-corrected chi connectivity index (χ4v) is 4.77. The van der Waals surface area contributed by atoms with Crippen molar-refractivity contribution >= 4 is 9.84 Å². The maximum atomic E-state index is 14.0. The van der Waals surface area contributed by atoms with Gasteiger partial charge in [-0.3, -0.25) is 0 Å². The van der Waals surface area contributed by atoms with E-state index in [0.29, 0.717) is 11.1 Å². The Morgan fingerprint density at radius 2 is 1.69 bits per heavy atom. The first-order valence-corrected chi connectivity index (χ1v) is 11.0. The first-order valence-electron chi connectivity index (χ1n) is 9.35. The third-order valence-electron chi connectivity index (χ3n) is 5.13. The van der Waals surface area contributed by atoms with Gasteiger partial charge in [-0.1, -0.05) is 37.3 Å². The molecule has 0 bridgehead atoms. The molecule has 3 aromatic carbocycles. The molecule has 29 heavy (non-hydrogen) atoms. The molecule has 0 aliphatic heterocycles. The first kappa shape index (κ1) is 21.1. The molecule has 0 aliphatic carbocycles. The molecule has 6 heteroatoms. The number of benzene rings is 3. The quantitative estimate of drug-likeness (QED) is 0.592. The van der Waals surface area contributed by atoms with Crippen molar-refractivity contribution in [1.82, 2.24) is 0 Å². The molecule has 0 spiro atoms. The van der Waals surface area contributed by atoms with E-state index in [1.54, 1.807) is 6.07 Å². The summed E-state index contributed by atoms with van der Waals surface area (Å²) in [5.74, 6) is -1.50. The third-order valence-corrected chi connectivity index (χ3v) is 6.81. The molecule has 0 radical (unpaired) electrons. The summed E-state index contributed by atoms with van der Waals surface area (Å²) in [6.45, 7) is 3.87. The van der Waals surface area contributed by atoms with E-state index in [2.05, 4.69) is 0 Å². The summed E-state index contributed by atoms with van der Waals surface area (Å²) in [5, 5.41) is 0. The minimum Gasteiger partial charge on any atom is -0.324 e. The SMILES string of the molecule is CC[C@@H](N)c1cccc(CS(=O)(=O)c2ccc(-c3ccc(F)cc3F)cc2)c1C. The third kappa shape index (κ3) is 4.54. The van der Waals surface area contributed by atoms with Gasteiger partial charge in [-0.2, -0.15) is 0 Å². The monoisotopic (exact) mass is 415 g/mol. The van der Waals surface area contributed by atoms with Gasteiger partial charge in [0.1, 0.15) is 11.6 Å². The van der Waals surface area contributed by atoms with Gasteiger partial charge in [-0.15, -0.1) is 0 Å². The van der Waals surface area contributed by atoms with Gasteiger partial charge in [-0.05, 0) is 59.9 Å². The van der Waals surface area contributed by atoms with Crippen LogP contribution in [0.4, 0.5) is 8.78 Å². The maximum absolute atomic E-state index is 14.0. The number of rotatable bonds is 6. The summed E-state index contributed by atoms with van der Waals surface area (Å²) in [6.07, 6.45) is 0.762. The van der Waals surface area contributed by atoms with Crippen LogP contribution in [0.2, 0.25) is 0 Å². The van der Waals surface area contributed by atoms with Crippen LogP contribution in [-0.2, 0) is 15.6 Å². The van der Waals surface area contributed by atoms with Gasteiger partial charge < -0.3 is 5.73 Å². The highest BCUT2D eigenvalue weighted by Crippen LogP contribution is 2.28. The van der Waals surface area contributed by atoms with Crippen LogP contribution in [-0.4, -0.2) is 8.42 Å². The Bertz CT molecular complexity index is 1130. The molecule has 0 saturated heterocycles. The average molecular weight is 416 g/mol. The second-order valence-corrected chi connectivity index (χ2v) is 9.04. The largest absolute Gasteiger partial charge is 0.324 e. The van der Waals surface area contributed by atoms with Crippen molar-refractivity contribution in [1.29, 1.82) is 0 Å². The van der Waals surface area contributed by atoms with Crippen molar-refractivity contribution in [3.8, 4) is 11.1 Å². The minimum absolute atomic E-state index is 0.137. The maximum Gasteiger partial charge on any atom is 0.182 e. The molecule has 3 rings (SSSR count). The van der Waals surface area contributed by atoms with E-state index in [4.69, 9.17) is 5.73 Å². The van der Waals surface area contributed by atoms with E-state index in [0.717, 1.165) is 23.6 Å². The normalized spacial score (nSPS) is 12.7. The lowest BCUT2D eigenvalue weighted by Crippen LogP contribution is -2.13. The molecule has 152 valence electrons. The van der Waals surface area contributed by atoms with Crippen molar-refractivity contribution in [3.05, 3.63) is 89.0 Å². The highest BCUT2D eigenvalue weighted by molar-refractivity contribution is 7.90. The Labute approximate surface area is 170 Å². The van der Waals surface area contributed by atoms with Gasteiger partial charge in [0, 0.05) is 17.7 Å². The number of hydrogen-bond acceptors (Lipinski definition) is 3. The van der Waals surface area contributed by atoms with Gasteiger partial charge >= 0.3 is 0 Å². The Morgan fingerprint density at radius 3 is 2.31 bits per heavy atom. The molecule has 3 aromatic rings. The molecule has 3 nitrogen and oxygen atoms in total. The molecule has 0 aliphatic rings. The molecule has 2 N–H and O–H groups in total. The fraction of sp³-hybridized carbons (Fsp3) is 0.217. The molecule has 1 atom stereocenters. The van der Waals surface area contributed by atoms with Crippen LogP contribution < -0.4 is 5.73 Å². The highest BCUT2D eigenvalue weighted by atomic mass is 32.2. The summed E-state index contributed by atoms with van der Waals surface area (Å²) in [7, 11) is -3.60. The number of hydrogen-bond donors (Lipinski definition) is 1. The zero-order valence-corrected chi connectivity index (χ0v) is 17.1. The first-order chi connectivity index (χ1) is 13.7. The van der Waals surface area contributed by atoms with Gasteiger partial charge in [0.05, 0.1) is 10.6 Å². The average Bonchev–Trinajstić information content (AvgIpc) is 2.69. The lowest BCUT2D eigenvalue weighted by Gasteiger charge is -2.16. The van der Waals surface area contributed by atoms with E-state index in [9.17, 15) is 17.2 Å². The summed E-state index contributed by atoms with van der Waals surface area (Å²) in [5.41, 5.74) is 9.36. The van der Waals surface area contributed by atoms with Crippen molar-refractivity contribution in [2.24, 2.45) is 5.73 Å². The van der Waals surface area contributed by atoms with Crippen molar-refractivity contribution in [2.75, 3.05) is 0 Å². The van der Waals surface area contributed by atoms with E-state index >= 15 is 0 Å². The number of nitrogens with two attached hydrogens (primary N) is 1. The van der Waals surface area contributed by atoms with Gasteiger partial charge in [0.25, 0.3) is 0 Å². The van der Waals surface area contributed by atoms with Crippen LogP contribution in [0.15, 0.2) is 65.6 Å². The van der Waals surface area contributed by atoms with Crippen molar-refractivity contribution in [2.45, 2.75) is 37.0 Å². The van der Waals surface area contributed by atoms with E-state index in [1.807, 2.05) is 26.0 Å². The Kier molecular flexibility index (Phi) is 6.15. The summed E-state index contributed by atoms with van der Waals surface area (Å²) < 4.78 is 52.9. The second kappa shape index (κ2) is 8.43. The second-order valence-electron chi connectivity index (χ2n) is 7.05. The van der Waals surface area contributed by atoms with Crippen LogP contribution in [0.3, 0.4) is 0 Å². The molecule has 0 aromatic heterocycles. The predicted molar refractivity (Wildman–Crippen MR) is 111 cm³/mol. The summed E-state index contributed by atoms with van der Waals surface area (Å²) >= 11 is 0. The standard InChI is InChI=1S/C23H23F2NO2S/c1-3-23(26)20-6-4-5-17(15(20)2)14-29(27,28)19-10-7-16(8-11-19)21-12-9-18(24)13-22(21)25/h4-13,23H,3,14,26H2,1-2H3/t23-/m1/s1. The molecular weight excluding hydrogens is 392 g/mol. The molecule has 0 fully saturated rings. The summed E-state index contributed by atoms with van der Waals surface area (Å²) in [6, 6.07) is 14.7. The Morgan fingerprint density at radius 1 is 1.00 bits per heavy atom. The predicted octanol–water partition coefficient (Wildman–Crippen LogP) is 5.32. The van der Waals surface area contributed by atoms with Gasteiger partial charge in [0.15, 0.2) is 9.84 Å². The Balaban J connectivity index is 1.89. The van der Waals surface area contributed by atoms with Gasteiger partial charge in [0.2, 0.25) is 0 Å². The van der Waals surface area contributed by atoms with E-state index in [-0.39, 0.29) is 22.3 Å². The summed E-state index contributed by atoms with van der Waals surface area (Å²) in [4.78, 5) is 0.147. The molecular formula is C23H23F2NO2S. The van der Waals surface area contributed by atoms with Gasteiger partial charge in [-0.25, -0.2) is 17.2 Å². The molecule has 0 heterocycles. The Hall–Kier alpha value is -2.57. The van der Waals surface area contributed by atoms with E-state index < -0.39 is 21.5 Å². The lowest BCUT2D eigenvalue weighted by molar-refractivity contribution is 0.585. The smallest absolute Gasteiger partial charge is 0.182 e. The van der Waals surface area contributed by atoms with Crippen molar-refractivity contribution in [3.63, 3.8) is 0 Å². The van der Waals surface area contributed by atoms with Crippen LogP contribution in [0.25, 0.3) is 11.1 Å². The van der Waals surface area contributed by atoms with E-state index in [1.165, 1.54) is 36.4 Å².